The minimum atomic E-state index is -0.589. The molecule has 0 spiro atoms. The van der Waals surface area contributed by atoms with Gasteiger partial charge in [-0.05, 0) is 88.8 Å². The number of nitrogens with zero attached hydrogens (tertiary/aromatic N) is 2. The minimum absolute atomic E-state index is 0.105. The van der Waals surface area contributed by atoms with Crippen LogP contribution in [0.2, 0.25) is 0 Å². The van der Waals surface area contributed by atoms with Crippen molar-refractivity contribution in [3.05, 3.63) is 59.7 Å². The lowest BCUT2D eigenvalue weighted by Gasteiger charge is -2.27. The summed E-state index contributed by atoms with van der Waals surface area (Å²) >= 11 is 0. The SMILES string of the molecule is CCOC(=O)CCCCCN(Cc1ccc(OC)cc1)C(=O)CCCCCN(Cc1ccc(OC)cc1)C(=O)OC(C)(C)C. The van der Waals surface area contributed by atoms with Crippen molar-refractivity contribution in [3.63, 3.8) is 0 Å². The largest absolute Gasteiger partial charge is 0.497 e. The maximum absolute atomic E-state index is 13.3. The monoisotopic (exact) mass is 612 g/mol. The molecule has 0 heterocycles. The number of hydrogen-bond donors (Lipinski definition) is 0. The van der Waals surface area contributed by atoms with E-state index in [1.807, 2.05) is 74.2 Å². The zero-order chi connectivity index (χ0) is 32.4. The summed E-state index contributed by atoms with van der Waals surface area (Å²) in [6.45, 7) is 9.90. The molecule has 0 saturated carbocycles. The summed E-state index contributed by atoms with van der Waals surface area (Å²) in [4.78, 5) is 41.5. The number of benzene rings is 2. The number of amides is 2. The first-order chi connectivity index (χ1) is 21.0. The molecule has 0 aliphatic carbocycles. The van der Waals surface area contributed by atoms with Gasteiger partial charge in [-0.3, -0.25) is 9.59 Å². The van der Waals surface area contributed by atoms with E-state index in [0.29, 0.717) is 45.6 Å². The average molecular weight is 613 g/mol. The highest BCUT2D eigenvalue weighted by atomic mass is 16.6. The van der Waals surface area contributed by atoms with Crippen LogP contribution in [0.1, 0.15) is 90.2 Å². The van der Waals surface area contributed by atoms with Crippen LogP contribution < -0.4 is 9.47 Å². The van der Waals surface area contributed by atoms with Gasteiger partial charge < -0.3 is 28.7 Å². The predicted octanol–water partition coefficient (Wildman–Crippen LogP) is 7.15. The molecule has 2 rings (SSSR count). The fourth-order valence-electron chi connectivity index (χ4n) is 4.65. The molecular weight excluding hydrogens is 560 g/mol. The van der Waals surface area contributed by atoms with Crippen molar-refractivity contribution in [2.24, 2.45) is 0 Å². The number of methoxy groups -OCH3 is 2. The number of esters is 1. The fraction of sp³-hybridized carbons (Fsp3) is 0.571. The van der Waals surface area contributed by atoms with Gasteiger partial charge in [0, 0.05) is 39.0 Å². The number of carbonyl (C=O) groups excluding carboxylic acids is 3. The van der Waals surface area contributed by atoms with Crippen molar-refractivity contribution >= 4 is 18.0 Å². The standard InChI is InChI=1S/C35H52N2O7/c1-7-43-33(39)15-11-9-12-24-36(26-28-16-20-30(41-5)21-17-28)32(38)14-10-8-13-25-37(34(40)44-35(2,3)4)27-29-18-22-31(42-6)23-19-29/h16-23H,7-15,24-27H2,1-6H3. The Kier molecular flexibility index (Phi) is 16.2. The second kappa shape index (κ2) is 19.5. The van der Waals surface area contributed by atoms with Crippen molar-refractivity contribution in [3.8, 4) is 11.5 Å². The molecule has 0 bridgehead atoms. The molecule has 0 fully saturated rings. The van der Waals surface area contributed by atoms with Crippen LogP contribution in [0.4, 0.5) is 4.79 Å². The average Bonchev–Trinajstić information content (AvgIpc) is 2.99. The number of unbranched alkanes of at least 4 members (excludes halogenated alkanes) is 4. The maximum atomic E-state index is 13.3. The number of ether oxygens (including phenoxy) is 4. The van der Waals surface area contributed by atoms with Gasteiger partial charge in [-0.15, -0.1) is 0 Å². The molecule has 0 aromatic heterocycles. The molecular formula is C35H52N2O7. The Hall–Kier alpha value is -3.75. The van der Waals surface area contributed by atoms with E-state index in [4.69, 9.17) is 18.9 Å². The highest BCUT2D eigenvalue weighted by Crippen LogP contribution is 2.18. The molecule has 0 saturated heterocycles. The third kappa shape index (κ3) is 14.6. The lowest BCUT2D eigenvalue weighted by molar-refractivity contribution is -0.143. The molecule has 0 N–H and O–H groups in total. The second-order valence-corrected chi connectivity index (χ2v) is 11.8. The van der Waals surface area contributed by atoms with Crippen molar-refractivity contribution in [1.82, 2.24) is 9.80 Å². The minimum Gasteiger partial charge on any atom is -0.497 e. The van der Waals surface area contributed by atoms with E-state index in [-0.39, 0.29) is 18.0 Å². The summed E-state index contributed by atoms with van der Waals surface area (Å²) in [5.41, 5.74) is 1.44. The first-order valence-electron chi connectivity index (χ1n) is 15.7. The van der Waals surface area contributed by atoms with E-state index in [1.165, 1.54) is 0 Å². The Morgan fingerprint density at radius 1 is 0.659 bits per heavy atom. The zero-order valence-corrected chi connectivity index (χ0v) is 27.6. The summed E-state index contributed by atoms with van der Waals surface area (Å²) in [5.74, 6) is 1.47. The lowest BCUT2D eigenvalue weighted by Crippen LogP contribution is -2.37. The summed E-state index contributed by atoms with van der Waals surface area (Å²) in [5, 5.41) is 0. The molecule has 2 amide bonds. The van der Waals surface area contributed by atoms with E-state index in [2.05, 4.69) is 0 Å². The van der Waals surface area contributed by atoms with Crippen LogP contribution in [0.15, 0.2) is 48.5 Å². The number of carbonyl (C=O) groups is 3. The molecule has 0 aliphatic heterocycles. The van der Waals surface area contributed by atoms with Gasteiger partial charge in [-0.1, -0.05) is 37.1 Å². The van der Waals surface area contributed by atoms with Crippen LogP contribution in [0.3, 0.4) is 0 Å². The van der Waals surface area contributed by atoms with Crippen LogP contribution >= 0.6 is 0 Å². The van der Waals surface area contributed by atoms with Crippen molar-refractivity contribution in [1.29, 1.82) is 0 Å². The van der Waals surface area contributed by atoms with Crippen LogP contribution in [0.25, 0.3) is 0 Å². The van der Waals surface area contributed by atoms with Gasteiger partial charge in [0.15, 0.2) is 0 Å². The topological polar surface area (TPSA) is 94.6 Å². The van der Waals surface area contributed by atoms with Crippen molar-refractivity contribution in [2.75, 3.05) is 33.9 Å². The third-order valence-corrected chi connectivity index (χ3v) is 7.00. The van der Waals surface area contributed by atoms with E-state index in [9.17, 15) is 14.4 Å². The highest BCUT2D eigenvalue weighted by Gasteiger charge is 2.22. The Labute approximate surface area is 263 Å². The van der Waals surface area contributed by atoms with Gasteiger partial charge in [0.2, 0.25) is 5.91 Å². The number of hydrogen-bond acceptors (Lipinski definition) is 7. The quantitative estimate of drug-likeness (QED) is 0.123. The molecule has 44 heavy (non-hydrogen) atoms. The Bertz CT molecular complexity index is 1130. The van der Waals surface area contributed by atoms with Gasteiger partial charge in [0.1, 0.15) is 17.1 Å². The summed E-state index contributed by atoms with van der Waals surface area (Å²) < 4.78 is 21.2. The Morgan fingerprint density at radius 3 is 1.61 bits per heavy atom. The Morgan fingerprint density at radius 2 is 1.14 bits per heavy atom. The maximum Gasteiger partial charge on any atom is 0.410 e. The molecule has 2 aromatic rings. The first kappa shape index (κ1) is 36.4. The molecule has 0 radical (unpaired) electrons. The Balaban J connectivity index is 1.91. The van der Waals surface area contributed by atoms with Crippen LogP contribution in [-0.2, 0) is 32.2 Å². The van der Waals surface area contributed by atoms with Gasteiger partial charge in [-0.2, -0.15) is 0 Å². The summed E-state index contributed by atoms with van der Waals surface area (Å²) in [6, 6.07) is 15.4. The van der Waals surface area contributed by atoms with Crippen LogP contribution in [0.5, 0.6) is 11.5 Å². The first-order valence-corrected chi connectivity index (χ1v) is 15.7. The molecule has 2 aromatic carbocycles. The van der Waals surface area contributed by atoms with Gasteiger partial charge in [-0.25, -0.2) is 4.79 Å². The van der Waals surface area contributed by atoms with Gasteiger partial charge in [0.25, 0.3) is 0 Å². The summed E-state index contributed by atoms with van der Waals surface area (Å²) in [6.07, 6.45) is 5.19. The second-order valence-electron chi connectivity index (χ2n) is 11.8. The van der Waals surface area contributed by atoms with Crippen LogP contribution in [-0.4, -0.2) is 67.3 Å². The van der Waals surface area contributed by atoms with E-state index in [1.54, 1.807) is 26.0 Å². The van der Waals surface area contributed by atoms with E-state index in [0.717, 1.165) is 61.2 Å². The zero-order valence-electron chi connectivity index (χ0n) is 27.6. The van der Waals surface area contributed by atoms with Crippen molar-refractivity contribution < 1.29 is 33.3 Å². The summed E-state index contributed by atoms with van der Waals surface area (Å²) in [7, 11) is 3.26. The molecule has 0 atom stereocenters. The predicted molar refractivity (Wildman–Crippen MR) is 172 cm³/mol. The lowest BCUT2D eigenvalue weighted by atomic mass is 10.1. The number of rotatable bonds is 19. The fourth-order valence-corrected chi connectivity index (χ4v) is 4.65. The van der Waals surface area contributed by atoms with E-state index >= 15 is 0 Å². The molecule has 9 heteroatoms. The highest BCUT2D eigenvalue weighted by molar-refractivity contribution is 5.76. The van der Waals surface area contributed by atoms with Gasteiger partial charge >= 0.3 is 12.1 Å². The smallest absolute Gasteiger partial charge is 0.410 e. The molecule has 0 unspecified atom stereocenters. The van der Waals surface area contributed by atoms with E-state index < -0.39 is 5.60 Å². The molecule has 9 nitrogen and oxygen atoms in total. The molecule has 0 aliphatic rings. The third-order valence-electron chi connectivity index (χ3n) is 7.00. The normalized spacial score (nSPS) is 11.0. The van der Waals surface area contributed by atoms with Crippen LogP contribution in [0, 0.1) is 0 Å². The molecule has 244 valence electrons. The van der Waals surface area contributed by atoms with Gasteiger partial charge in [0.05, 0.1) is 20.8 Å². The van der Waals surface area contributed by atoms with Crippen molar-refractivity contribution in [2.45, 2.75) is 97.8 Å².